The van der Waals surface area contributed by atoms with Gasteiger partial charge in [-0.15, -0.1) is 0 Å². The van der Waals surface area contributed by atoms with Crippen molar-refractivity contribution >= 4 is 5.97 Å². The van der Waals surface area contributed by atoms with Crippen LogP contribution in [0.15, 0.2) is 11.6 Å². The fourth-order valence-corrected chi connectivity index (χ4v) is 2.70. The van der Waals surface area contributed by atoms with E-state index in [1.807, 2.05) is 0 Å². The molecule has 0 heterocycles. The van der Waals surface area contributed by atoms with Crippen LogP contribution >= 0.6 is 0 Å². The number of unbranched alkanes of at least 4 members (excludes halogenated alkanes) is 8. The SMILES string of the molecule is CCCCCCCCCCCOC(=O)C(C)=CC(F)(F)C(F)(F)C(F)(F)C(F)(F)C(F)(F)F. The Balaban J connectivity index is 4.91. The van der Waals surface area contributed by atoms with Crippen molar-refractivity contribution in [3.05, 3.63) is 11.6 Å². The molecule has 196 valence electrons. The van der Waals surface area contributed by atoms with E-state index in [1.165, 1.54) is 0 Å². The molecule has 0 aliphatic heterocycles. The summed E-state index contributed by atoms with van der Waals surface area (Å²) >= 11 is 0. The van der Waals surface area contributed by atoms with Crippen LogP contribution in [0, 0.1) is 0 Å². The lowest BCUT2D eigenvalue weighted by Crippen LogP contribution is -2.66. The lowest BCUT2D eigenvalue weighted by atomic mass is 9.96. The number of hydrogen-bond donors (Lipinski definition) is 0. The number of halogens is 11. The highest BCUT2D eigenvalue weighted by Gasteiger charge is 2.86. The molecule has 0 amide bonds. The molecule has 0 fully saturated rings. The topological polar surface area (TPSA) is 26.3 Å². The van der Waals surface area contributed by atoms with Crippen LogP contribution in [0.25, 0.3) is 0 Å². The van der Waals surface area contributed by atoms with E-state index in [4.69, 9.17) is 0 Å². The third-order valence-corrected chi connectivity index (χ3v) is 4.76. The monoisotopic (exact) mass is 508 g/mol. The van der Waals surface area contributed by atoms with E-state index >= 15 is 0 Å². The van der Waals surface area contributed by atoms with Gasteiger partial charge in [0.05, 0.1) is 6.61 Å². The van der Waals surface area contributed by atoms with Crippen LogP contribution in [-0.2, 0) is 9.53 Å². The Hall–Kier alpha value is -1.56. The van der Waals surface area contributed by atoms with Gasteiger partial charge in [0, 0.05) is 11.6 Å². The van der Waals surface area contributed by atoms with Gasteiger partial charge < -0.3 is 4.74 Å². The van der Waals surface area contributed by atoms with Crippen LogP contribution in [0.4, 0.5) is 48.3 Å². The van der Waals surface area contributed by atoms with Gasteiger partial charge in [0.2, 0.25) is 0 Å². The van der Waals surface area contributed by atoms with Gasteiger partial charge in [0.25, 0.3) is 0 Å². The van der Waals surface area contributed by atoms with E-state index in [1.54, 1.807) is 0 Å². The Morgan fingerprint density at radius 2 is 1.09 bits per heavy atom. The van der Waals surface area contributed by atoms with Gasteiger partial charge in [-0.1, -0.05) is 58.3 Å². The molecule has 13 heteroatoms. The Morgan fingerprint density at radius 3 is 1.52 bits per heavy atom. The molecule has 0 aromatic heterocycles. The van der Waals surface area contributed by atoms with Gasteiger partial charge in [-0.3, -0.25) is 0 Å². The second-order valence-electron chi connectivity index (χ2n) is 7.64. The Morgan fingerprint density at radius 1 is 0.667 bits per heavy atom. The summed E-state index contributed by atoms with van der Waals surface area (Å²) in [5.41, 5.74) is -1.36. The van der Waals surface area contributed by atoms with Crippen molar-refractivity contribution in [3.8, 4) is 0 Å². The van der Waals surface area contributed by atoms with Gasteiger partial charge >= 0.3 is 35.8 Å². The molecular formula is C20H27F11O2. The number of carbonyl (C=O) groups excluding carboxylic acids is 1. The third kappa shape index (κ3) is 8.01. The summed E-state index contributed by atoms with van der Waals surface area (Å²) in [6.07, 6.45) is -0.338. The zero-order valence-corrected chi connectivity index (χ0v) is 18.1. The Labute approximate surface area is 184 Å². The summed E-state index contributed by atoms with van der Waals surface area (Å²) < 4.78 is 147. The highest BCUT2D eigenvalue weighted by atomic mass is 19.4. The molecule has 0 atom stereocenters. The quantitative estimate of drug-likeness (QED) is 0.0967. The fraction of sp³-hybridized carbons (Fsp3) is 0.850. The zero-order valence-electron chi connectivity index (χ0n) is 18.1. The molecule has 0 aliphatic rings. The van der Waals surface area contributed by atoms with Gasteiger partial charge in [-0.2, -0.15) is 48.3 Å². The molecule has 0 rings (SSSR count). The molecule has 0 spiro atoms. The molecular weight excluding hydrogens is 481 g/mol. The number of alkyl halides is 11. The van der Waals surface area contributed by atoms with Crippen LogP contribution < -0.4 is 0 Å². The van der Waals surface area contributed by atoms with Gasteiger partial charge in [-0.05, 0) is 13.3 Å². The van der Waals surface area contributed by atoms with E-state index in [-0.39, 0.29) is 13.0 Å². The number of ether oxygens (including phenoxy) is 1. The maximum absolute atomic E-state index is 13.7. The van der Waals surface area contributed by atoms with Crippen molar-refractivity contribution in [1.82, 2.24) is 0 Å². The van der Waals surface area contributed by atoms with E-state index in [0.717, 1.165) is 44.9 Å². The molecule has 0 aliphatic carbocycles. The molecule has 33 heavy (non-hydrogen) atoms. The smallest absolute Gasteiger partial charge is 0.460 e. The predicted octanol–water partition coefficient (Wildman–Crippen LogP) is 8.11. The van der Waals surface area contributed by atoms with E-state index in [2.05, 4.69) is 11.7 Å². The van der Waals surface area contributed by atoms with Crippen molar-refractivity contribution in [1.29, 1.82) is 0 Å². The Kier molecular flexibility index (Phi) is 11.7. The lowest BCUT2D eigenvalue weighted by molar-refractivity contribution is -0.417. The summed E-state index contributed by atoms with van der Waals surface area (Å²) in [4.78, 5) is 11.6. The molecule has 0 saturated heterocycles. The fourth-order valence-electron chi connectivity index (χ4n) is 2.70. The van der Waals surface area contributed by atoms with Crippen molar-refractivity contribution in [2.45, 2.75) is 102 Å². The predicted molar refractivity (Wildman–Crippen MR) is 97.8 cm³/mol. The molecule has 0 saturated carbocycles. The summed E-state index contributed by atoms with van der Waals surface area (Å²) in [6.45, 7) is 2.21. The standard InChI is InChI=1S/C20H27F11O2/c1-3-4-5-6-7-8-9-10-11-12-33-15(32)14(2)13-16(21,22)17(23,24)18(25,26)19(27,28)20(29,30)31/h13H,3-12H2,1-2H3. The van der Waals surface area contributed by atoms with Crippen LogP contribution in [0.1, 0.15) is 71.6 Å². The summed E-state index contributed by atoms with van der Waals surface area (Å²) in [6, 6.07) is 0. The van der Waals surface area contributed by atoms with Gasteiger partial charge in [0.1, 0.15) is 0 Å². The van der Waals surface area contributed by atoms with E-state index in [0.29, 0.717) is 13.3 Å². The summed E-state index contributed by atoms with van der Waals surface area (Å²) in [7, 11) is 0. The molecule has 2 nitrogen and oxygen atoms in total. The molecule has 0 aromatic rings. The molecule has 0 aromatic carbocycles. The van der Waals surface area contributed by atoms with Crippen molar-refractivity contribution in [2.75, 3.05) is 6.61 Å². The number of allylic oxidation sites excluding steroid dienone is 1. The van der Waals surface area contributed by atoms with Crippen LogP contribution in [0.3, 0.4) is 0 Å². The first-order chi connectivity index (χ1) is 14.9. The minimum absolute atomic E-state index is 0.288. The highest BCUT2D eigenvalue weighted by molar-refractivity contribution is 5.87. The minimum atomic E-state index is -7.51. The molecule has 0 radical (unpaired) electrons. The molecule has 0 bridgehead atoms. The Bertz CT molecular complexity index is 640. The molecule has 0 N–H and O–H groups in total. The maximum Gasteiger partial charge on any atom is 0.460 e. The van der Waals surface area contributed by atoms with Crippen molar-refractivity contribution < 1.29 is 57.8 Å². The highest BCUT2D eigenvalue weighted by Crippen LogP contribution is 2.57. The first kappa shape index (κ1) is 31.4. The first-order valence-corrected chi connectivity index (χ1v) is 10.3. The van der Waals surface area contributed by atoms with Gasteiger partial charge in [-0.25, -0.2) is 4.79 Å². The summed E-state index contributed by atoms with van der Waals surface area (Å²) in [5.74, 6) is -30.0. The van der Waals surface area contributed by atoms with Crippen molar-refractivity contribution in [3.63, 3.8) is 0 Å². The summed E-state index contributed by atoms with van der Waals surface area (Å²) in [5, 5.41) is 0. The second kappa shape index (κ2) is 12.2. The van der Waals surface area contributed by atoms with Crippen LogP contribution in [0.2, 0.25) is 0 Å². The second-order valence-corrected chi connectivity index (χ2v) is 7.64. The number of esters is 1. The van der Waals surface area contributed by atoms with Crippen molar-refractivity contribution in [2.24, 2.45) is 0 Å². The minimum Gasteiger partial charge on any atom is -0.462 e. The number of hydrogen-bond acceptors (Lipinski definition) is 2. The average Bonchev–Trinajstić information content (AvgIpc) is 2.67. The van der Waals surface area contributed by atoms with Gasteiger partial charge in [0.15, 0.2) is 0 Å². The van der Waals surface area contributed by atoms with Crippen LogP contribution in [0.5, 0.6) is 0 Å². The lowest BCUT2D eigenvalue weighted by Gasteiger charge is -2.36. The largest absolute Gasteiger partial charge is 0.462 e. The number of rotatable bonds is 15. The maximum atomic E-state index is 13.7. The third-order valence-electron chi connectivity index (χ3n) is 4.76. The van der Waals surface area contributed by atoms with Crippen LogP contribution in [-0.4, -0.2) is 42.4 Å². The number of carbonyl (C=O) groups is 1. The first-order valence-electron chi connectivity index (χ1n) is 10.3. The molecule has 0 unspecified atom stereocenters. The average molecular weight is 508 g/mol. The van der Waals surface area contributed by atoms with E-state index < -0.39 is 47.5 Å². The zero-order chi connectivity index (χ0) is 26.1. The van der Waals surface area contributed by atoms with E-state index in [9.17, 15) is 53.1 Å². The normalized spacial score (nSPS) is 14.5.